The summed E-state index contributed by atoms with van der Waals surface area (Å²) in [7, 11) is 0. The van der Waals surface area contributed by atoms with Crippen LogP contribution in [0.4, 0.5) is 23.2 Å². The van der Waals surface area contributed by atoms with E-state index in [1.54, 1.807) is 6.07 Å². The van der Waals surface area contributed by atoms with Gasteiger partial charge in [-0.25, -0.2) is 9.07 Å². The number of carbonyl (C=O) groups excluding carboxylic acids is 1. The molecule has 4 nitrogen and oxygen atoms in total. The Labute approximate surface area is 159 Å². The number of hydrogen-bond acceptors (Lipinski definition) is 2. The number of hydrogen-bond donors (Lipinski definition) is 1. The van der Waals surface area contributed by atoms with Gasteiger partial charge in [0.25, 0.3) is 5.91 Å². The smallest absolute Gasteiger partial charge is 0.320 e. The molecule has 0 saturated carbocycles. The molecule has 0 unspecified atom stereocenters. The molecule has 134 valence electrons. The standard InChI is InChI=1S/C17H10F4IN3O/c18-11-2-1-3-12(9-11)25-7-6-14(24-25)16(26)23-15-8-10(17(19,20)21)4-5-13(15)22/h1-9H,(H,23,26). The minimum atomic E-state index is -4.51. The van der Waals surface area contributed by atoms with Crippen molar-refractivity contribution in [2.75, 3.05) is 5.32 Å². The van der Waals surface area contributed by atoms with Gasteiger partial charge in [0, 0.05) is 9.77 Å². The summed E-state index contributed by atoms with van der Waals surface area (Å²) in [4.78, 5) is 12.3. The average Bonchev–Trinajstić information content (AvgIpc) is 3.06. The summed E-state index contributed by atoms with van der Waals surface area (Å²) in [5.74, 6) is -1.13. The summed E-state index contributed by atoms with van der Waals surface area (Å²) in [6, 6.07) is 10.1. The molecule has 0 aliphatic rings. The van der Waals surface area contributed by atoms with E-state index in [2.05, 4.69) is 10.4 Å². The van der Waals surface area contributed by atoms with E-state index in [4.69, 9.17) is 0 Å². The summed E-state index contributed by atoms with van der Waals surface area (Å²) in [5.41, 5.74) is -0.426. The number of halogens is 5. The molecule has 1 amide bonds. The summed E-state index contributed by atoms with van der Waals surface area (Å²) in [6.45, 7) is 0. The highest BCUT2D eigenvalue weighted by atomic mass is 127. The van der Waals surface area contributed by atoms with E-state index in [1.807, 2.05) is 22.6 Å². The minimum Gasteiger partial charge on any atom is -0.320 e. The Kier molecular flexibility index (Phi) is 4.99. The van der Waals surface area contributed by atoms with Crippen molar-refractivity contribution in [1.29, 1.82) is 0 Å². The van der Waals surface area contributed by atoms with E-state index in [0.29, 0.717) is 9.26 Å². The van der Waals surface area contributed by atoms with Gasteiger partial charge in [0.2, 0.25) is 0 Å². The Morgan fingerprint density at radius 1 is 1.12 bits per heavy atom. The Morgan fingerprint density at radius 2 is 1.88 bits per heavy atom. The highest BCUT2D eigenvalue weighted by molar-refractivity contribution is 14.1. The minimum absolute atomic E-state index is 0.0116. The van der Waals surface area contributed by atoms with Crippen molar-refractivity contribution >= 4 is 34.2 Å². The number of anilines is 1. The fourth-order valence-electron chi connectivity index (χ4n) is 2.19. The fourth-order valence-corrected chi connectivity index (χ4v) is 2.66. The molecule has 1 aromatic heterocycles. The number of carbonyl (C=O) groups is 1. The highest BCUT2D eigenvalue weighted by Gasteiger charge is 2.31. The second kappa shape index (κ2) is 7.06. The number of alkyl halides is 3. The van der Waals surface area contributed by atoms with Gasteiger partial charge >= 0.3 is 6.18 Å². The number of amides is 1. The zero-order chi connectivity index (χ0) is 18.9. The van der Waals surface area contributed by atoms with Gasteiger partial charge in [-0.2, -0.15) is 18.3 Å². The van der Waals surface area contributed by atoms with Gasteiger partial charge in [-0.15, -0.1) is 0 Å². The Bertz CT molecular complexity index is 969. The molecule has 3 rings (SSSR count). The first-order valence-corrected chi connectivity index (χ1v) is 8.31. The maximum atomic E-state index is 13.3. The van der Waals surface area contributed by atoms with Gasteiger partial charge in [0.1, 0.15) is 5.82 Å². The van der Waals surface area contributed by atoms with Crippen LogP contribution in [0.5, 0.6) is 0 Å². The second-order valence-electron chi connectivity index (χ2n) is 5.27. The Balaban J connectivity index is 1.83. The summed E-state index contributed by atoms with van der Waals surface area (Å²) in [5, 5.41) is 6.45. The SMILES string of the molecule is O=C(Nc1cc(C(F)(F)F)ccc1I)c1ccn(-c2cccc(F)c2)n1. The quantitative estimate of drug-likeness (QED) is 0.434. The van der Waals surface area contributed by atoms with Crippen LogP contribution in [0.15, 0.2) is 54.7 Å². The number of nitrogens with one attached hydrogen (secondary N) is 1. The first-order valence-electron chi connectivity index (χ1n) is 7.24. The van der Waals surface area contributed by atoms with E-state index >= 15 is 0 Å². The van der Waals surface area contributed by atoms with E-state index in [1.165, 1.54) is 41.2 Å². The number of benzene rings is 2. The molecule has 1 N–H and O–H groups in total. The molecule has 9 heteroatoms. The zero-order valence-corrected chi connectivity index (χ0v) is 15.0. The molecular formula is C17H10F4IN3O. The van der Waals surface area contributed by atoms with Gasteiger partial charge in [-0.3, -0.25) is 4.79 Å². The van der Waals surface area contributed by atoms with Crippen LogP contribution in [0.3, 0.4) is 0 Å². The lowest BCUT2D eigenvalue weighted by Gasteiger charge is -2.11. The zero-order valence-electron chi connectivity index (χ0n) is 12.9. The third-order valence-electron chi connectivity index (χ3n) is 3.44. The monoisotopic (exact) mass is 475 g/mol. The molecule has 0 aliphatic heterocycles. The van der Waals surface area contributed by atoms with Gasteiger partial charge in [0.15, 0.2) is 5.69 Å². The normalized spacial score (nSPS) is 11.4. The van der Waals surface area contributed by atoms with E-state index in [9.17, 15) is 22.4 Å². The van der Waals surface area contributed by atoms with Gasteiger partial charge in [-0.05, 0) is 65.1 Å². The number of nitrogens with zero attached hydrogens (tertiary/aromatic N) is 2. The Morgan fingerprint density at radius 3 is 2.58 bits per heavy atom. The van der Waals surface area contributed by atoms with Crippen LogP contribution in [-0.2, 0) is 6.18 Å². The largest absolute Gasteiger partial charge is 0.416 e. The third-order valence-corrected chi connectivity index (χ3v) is 4.38. The summed E-state index contributed by atoms with van der Waals surface area (Å²) >= 11 is 1.83. The topological polar surface area (TPSA) is 46.9 Å². The van der Waals surface area contributed by atoms with Crippen LogP contribution >= 0.6 is 22.6 Å². The number of aromatic nitrogens is 2. The molecule has 3 aromatic rings. The van der Waals surface area contributed by atoms with Gasteiger partial charge in [0.05, 0.1) is 16.9 Å². The Hall–Kier alpha value is -2.43. The van der Waals surface area contributed by atoms with Crippen molar-refractivity contribution in [3.63, 3.8) is 0 Å². The molecule has 1 heterocycles. The van der Waals surface area contributed by atoms with Crippen LogP contribution in [0, 0.1) is 9.39 Å². The van der Waals surface area contributed by atoms with Crippen molar-refractivity contribution in [1.82, 2.24) is 9.78 Å². The van der Waals surface area contributed by atoms with Gasteiger partial charge < -0.3 is 5.32 Å². The highest BCUT2D eigenvalue weighted by Crippen LogP contribution is 2.32. The van der Waals surface area contributed by atoms with E-state index in [0.717, 1.165) is 12.1 Å². The molecule has 0 saturated heterocycles. The van der Waals surface area contributed by atoms with E-state index < -0.39 is 23.5 Å². The molecule has 0 aliphatic carbocycles. The number of rotatable bonds is 3. The van der Waals surface area contributed by atoms with Crippen LogP contribution in [0.25, 0.3) is 5.69 Å². The summed E-state index contributed by atoms with van der Waals surface area (Å²) in [6.07, 6.45) is -3.05. The van der Waals surface area contributed by atoms with Crippen LogP contribution in [0.1, 0.15) is 16.1 Å². The molecule has 0 fully saturated rings. The predicted octanol–water partition coefficient (Wildman–Crippen LogP) is 4.89. The first kappa shape index (κ1) is 18.4. The first-order chi connectivity index (χ1) is 12.2. The third kappa shape index (κ3) is 4.03. The lowest BCUT2D eigenvalue weighted by Crippen LogP contribution is -2.15. The second-order valence-corrected chi connectivity index (χ2v) is 6.43. The maximum Gasteiger partial charge on any atom is 0.416 e. The van der Waals surface area contributed by atoms with Crippen molar-refractivity contribution in [2.24, 2.45) is 0 Å². The van der Waals surface area contributed by atoms with Crippen molar-refractivity contribution < 1.29 is 22.4 Å². The van der Waals surface area contributed by atoms with Crippen molar-refractivity contribution in [2.45, 2.75) is 6.18 Å². The van der Waals surface area contributed by atoms with Crippen LogP contribution < -0.4 is 5.32 Å². The molecule has 0 bridgehead atoms. The molecular weight excluding hydrogens is 465 g/mol. The van der Waals surface area contributed by atoms with Crippen molar-refractivity contribution in [3.8, 4) is 5.69 Å². The van der Waals surface area contributed by atoms with Gasteiger partial charge in [-0.1, -0.05) is 6.07 Å². The molecule has 26 heavy (non-hydrogen) atoms. The maximum absolute atomic E-state index is 13.3. The fraction of sp³-hybridized carbons (Fsp3) is 0.0588. The molecule has 0 atom stereocenters. The molecule has 2 aromatic carbocycles. The van der Waals surface area contributed by atoms with E-state index in [-0.39, 0.29) is 11.4 Å². The van der Waals surface area contributed by atoms with Crippen LogP contribution in [0.2, 0.25) is 0 Å². The average molecular weight is 475 g/mol. The predicted molar refractivity (Wildman–Crippen MR) is 95.6 cm³/mol. The molecule has 0 radical (unpaired) electrons. The van der Waals surface area contributed by atoms with Crippen LogP contribution in [-0.4, -0.2) is 15.7 Å². The lowest BCUT2D eigenvalue weighted by atomic mass is 10.2. The lowest BCUT2D eigenvalue weighted by molar-refractivity contribution is -0.137. The molecule has 0 spiro atoms. The van der Waals surface area contributed by atoms with Crippen molar-refractivity contribution in [3.05, 3.63) is 75.4 Å². The summed E-state index contributed by atoms with van der Waals surface area (Å²) < 4.78 is 53.5.